The van der Waals surface area contributed by atoms with Gasteiger partial charge in [0, 0.05) is 13.2 Å². The zero-order valence-corrected chi connectivity index (χ0v) is 25.4. The lowest BCUT2D eigenvalue weighted by Gasteiger charge is -2.28. The highest BCUT2D eigenvalue weighted by Gasteiger charge is 2.17. The Hall–Kier alpha value is -0.0100. The molecule has 0 saturated carbocycles. The van der Waals surface area contributed by atoms with Crippen LogP contribution < -0.4 is 4.89 Å². The van der Waals surface area contributed by atoms with Crippen LogP contribution in [0, 0.1) is 0 Å². The molecule has 0 aromatic rings. The minimum absolute atomic E-state index is 0.0698. The fourth-order valence-corrected chi connectivity index (χ4v) is 4.55. The molecule has 0 saturated heterocycles. The van der Waals surface area contributed by atoms with Crippen LogP contribution in [0.5, 0.6) is 0 Å². The van der Waals surface area contributed by atoms with Crippen molar-refractivity contribution in [3.05, 3.63) is 0 Å². The number of quaternary nitrogens is 1. The first kappa shape index (κ1) is 36.0. The van der Waals surface area contributed by atoms with E-state index in [1.165, 1.54) is 83.5 Å². The molecule has 218 valence electrons. The van der Waals surface area contributed by atoms with E-state index in [-0.39, 0.29) is 13.2 Å². The molecular weight excluding hydrogens is 477 g/mol. The number of rotatable bonds is 28. The van der Waals surface area contributed by atoms with Crippen LogP contribution in [0.25, 0.3) is 0 Å². The zero-order chi connectivity index (χ0) is 27.0. The Labute approximate surface area is 223 Å². The third-order valence-corrected chi connectivity index (χ3v) is 7.19. The van der Waals surface area contributed by atoms with Crippen molar-refractivity contribution in [3.63, 3.8) is 0 Å². The Morgan fingerprint density at radius 1 is 0.639 bits per heavy atom. The maximum absolute atomic E-state index is 12.2. The van der Waals surface area contributed by atoms with Crippen molar-refractivity contribution in [1.82, 2.24) is 0 Å². The molecule has 0 aliphatic rings. The maximum atomic E-state index is 12.2. The van der Waals surface area contributed by atoms with Crippen LogP contribution in [0.3, 0.4) is 0 Å². The normalized spacial score (nSPS) is 14.7. The quantitative estimate of drug-likeness (QED) is 0.0615. The molecule has 0 aromatic carbocycles. The number of hydrogen-bond donors (Lipinski definition) is 0. The minimum atomic E-state index is -4.36. The summed E-state index contributed by atoms with van der Waals surface area (Å²) in [7, 11) is 1.60. The number of unbranched alkanes of at least 4 members (excludes halogenated alkanes) is 14. The predicted molar refractivity (Wildman–Crippen MR) is 148 cm³/mol. The van der Waals surface area contributed by atoms with E-state index in [0.717, 1.165) is 19.3 Å². The number of phosphoric ester groups is 1. The first-order valence-electron chi connectivity index (χ1n) is 14.8. The second-order valence-electron chi connectivity index (χ2n) is 11.1. The first-order valence-corrected chi connectivity index (χ1v) is 16.3. The summed E-state index contributed by atoms with van der Waals surface area (Å²) < 4.78 is 34.7. The van der Waals surface area contributed by atoms with Crippen LogP contribution in [0.1, 0.15) is 117 Å². The van der Waals surface area contributed by atoms with Crippen molar-refractivity contribution in [2.45, 2.75) is 123 Å². The summed E-state index contributed by atoms with van der Waals surface area (Å²) in [6.45, 7) is 6.69. The third kappa shape index (κ3) is 27.0. The average Bonchev–Trinajstić information content (AvgIpc) is 2.81. The summed E-state index contributed by atoms with van der Waals surface area (Å²) in [6, 6.07) is 0. The van der Waals surface area contributed by atoms with Crippen molar-refractivity contribution in [2.24, 2.45) is 0 Å². The fraction of sp³-hybridized carbons (Fsp3) is 1.00. The van der Waals surface area contributed by atoms with Crippen LogP contribution in [0.2, 0.25) is 0 Å². The second-order valence-corrected chi connectivity index (χ2v) is 12.5. The molecule has 1 unspecified atom stereocenters. The summed E-state index contributed by atoms with van der Waals surface area (Å²) in [4.78, 5) is 12.2. The van der Waals surface area contributed by atoms with Gasteiger partial charge in [-0.1, -0.05) is 104 Å². The molecule has 0 fully saturated rings. The lowest BCUT2D eigenvalue weighted by molar-refractivity contribution is -0.870. The summed E-state index contributed by atoms with van der Waals surface area (Å²) in [6.07, 6.45) is 19.4. The lowest BCUT2D eigenvalue weighted by atomic mass is 10.1. The van der Waals surface area contributed by atoms with Gasteiger partial charge in [-0.3, -0.25) is 4.57 Å². The summed E-state index contributed by atoms with van der Waals surface area (Å²) in [5.74, 6) is 0. The molecule has 7 nitrogen and oxygen atoms in total. The molecule has 0 amide bonds. The van der Waals surface area contributed by atoms with Crippen molar-refractivity contribution >= 4 is 7.82 Å². The summed E-state index contributed by atoms with van der Waals surface area (Å²) in [5.41, 5.74) is 0. The summed E-state index contributed by atoms with van der Waals surface area (Å²) >= 11 is 0. The number of phosphoric acid groups is 1. The molecule has 0 aromatic heterocycles. The van der Waals surface area contributed by atoms with Crippen LogP contribution in [-0.4, -0.2) is 71.3 Å². The smallest absolute Gasteiger partial charge is 0.268 e. The molecule has 0 aliphatic carbocycles. The van der Waals surface area contributed by atoms with E-state index in [1.807, 2.05) is 21.1 Å². The van der Waals surface area contributed by atoms with E-state index in [9.17, 15) is 9.46 Å². The maximum Gasteiger partial charge on any atom is 0.268 e. The van der Waals surface area contributed by atoms with E-state index >= 15 is 0 Å². The van der Waals surface area contributed by atoms with Gasteiger partial charge in [-0.15, -0.1) is 0 Å². The van der Waals surface area contributed by atoms with Crippen LogP contribution in [-0.2, 0) is 23.1 Å². The molecule has 0 spiro atoms. The molecule has 0 aliphatic heterocycles. The standard InChI is InChI=1S/C28H60NO6P/c1-6-8-10-12-14-16-18-20-23-32-26-28(33-24-21-19-17-15-13-11-9-7-2)27-35-36(30,31)34-25-22-29(3,4)5/h28H,6-27H2,1-5H3/t28-/m1/s1. The van der Waals surface area contributed by atoms with Gasteiger partial charge < -0.3 is 27.9 Å². The second kappa shape index (κ2) is 24.1. The molecular formula is C28H60NO6P. The van der Waals surface area contributed by atoms with Gasteiger partial charge in [-0.05, 0) is 12.8 Å². The largest absolute Gasteiger partial charge is 0.756 e. The van der Waals surface area contributed by atoms with Gasteiger partial charge >= 0.3 is 0 Å². The van der Waals surface area contributed by atoms with Gasteiger partial charge in [0.1, 0.15) is 19.3 Å². The van der Waals surface area contributed by atoms with E-state index in [4.69, 9.17) is 18.5 Å². The van der Waals surface area contributed by atoms with Crippen molar-refractivity contribution in [3.8, 4) is 0 Å². The topological polar surface area (TPSA) is 77.1 Å². The SMILES string of the molecule is CCCCCCCCCCOC[C@H](COP(=O)([O-])OCC[N+](C)(C)C)OCCCCCCCCCC. The van der Waals surface area contributed by atoms with Gasteiger partial charge in [0.25, 0.3) is 7.82 Å². The van der Waals surface area contributed by atoms with E-state index in [2.05, 4.69) is 13.8 Å². The Bertz CT molecular complexity index is 515. The Kier molecular flexibility index (Phi) is 24.1. The molecule has 0 bridgehead atoms. The Balaban J connectivity index is 4.22. The zero-order valence-electron chi connectivity index (χ0n) is 24.5. The van der Waals surface area contributed by atoms with Crippen LogP contribution in [0.4, 0.5) is 0 Å². The van der Waals surface area contributed by atoms with Crippen molar-refractivity contribution in [2.75, 3.05) is 60.7 Å². The molecule has 0 heterocycles. The predicted octanol–water partition coefficient (Wildman–Crippen LogP) is 6.88. The van der Waals surface area contributed by atoms with E-state index in [1.54, 1.807) is 0 Å². The molecule has 0 radical (unpaired) electrons. The van der Waals surface area contributed by atoms with E-state index in [0.29, 0.717) is 30.8 Å². The minimum Gasteiger partial charge on any atom is -0.756 e. The van der Waals surface area contributed by atoms with Gasteiger partial charge in [-0.2, -0.15) is 0 Å². The summed E-state index contributed by atoms with van der Waals surface area (Å²) in [5, 5.41) is 0. The highest BCUT2D eigenvalue weighted by molar-refractivity contribution is 7.45. The molecule has 0 N–H and O–H groups in total. The van der Waals surface area contributed by atoms with Crippen LogP contribution >= 0.6 is 7.82 Å². The monoisotopic (exact) mass is 537 g/mol. The number of likely N-dealkylation sites (N-methyl/N-ethyl adjacent to an activating group) is 1. The first-order chi connectivity index (χ1) is 17.2. The van der Waals surface area contributed by atoms with Gasteiger partial charge in [0.2, 0.25) is 0 Å². The fourth-order valence-electron chi connectivity index (χ4n) is 3.82. The van der Waals surface area contributed by atoms with Gasteiger partial charge in [0.05, 0.1) is 34.4 Å². The molecule has 36 heavy (non-hydrogen) atoms. The Morgan fingerprint density at radius 3 is 1.61 bits per heavy atom. The molecule has 8 heteroatoms. The van der Waals surface area contributed by atoms with Crippen molar-refractivity contribution < 1.29 is 32.5 Å². The average molecular weight is 538 g/mol. The van der Waals surface area contributed by atoms with Gasteiger partial charge in [-0.25, -0.2) is 0 Å². The highest BCUT2D eigenvalue weighted by atomic mass is 31.2. The van der Waals surface area contributed by atoms with Crippen molar-refractivity contribution in [1.29, 1.82) is 0 Å². The lowest BCUT2D eigenvalue weighted by Crippen LogP contribution is -2.37. The number of nitrogens with zero attached hydrogens (tertiary/aromatic N) is 1. The van der Waals surface area contributed by atoms with Crippen LogP contribution in [0.15, 0.2) is 0 Å². The van der Waals surface area contributed by atoms with E-state index < -0.39 is 13.9 Å². The highest BCUT2D eigenvalue weighted by Crippen LogP contribution is 2.38. The Morgan fingerprint density at radius 2 is 1.11 bits per heavy atom. The number of hydrogen-bond acceptors (Lipinski definition) is 6. The third-order valence-electron chi connectivity index (χ3n) is 6.23. The molecule has 2 atom stereocenters. The molecule has 0 rings (SSSR count). The van der Waals surface area contributed by atoms with Gasteiger partial charge in [0.15, 0.2) is 0 Å². The number of ether oxygens (including phenoxy) is 2.